The van der Waals surface area contributed by atoms with Gasteiger partial charge in [-0.3, -0.25) is 0 Å². The molecule has 0 saturated carbocycles. The van der Waals surface area contributed by atoms with Crippen molar-refractivity contribution in [2.45, 2.75) is 31.7 Å². The summed E-state index contributed by atoms with van der Waals surface area (Å²) in [4.78, 5) is 0. The molecule has 0 bridgehead atoms. The molecule has 1 heterocycles. The number of alkyl halides is 2. The number of hydrogen-bond donors (Lipinski definition) is 1. The molecule has 4 nitrogen and oxygen atoms in total. The Labute approximate surface area is 115 Å². The van der Waals surface area contributed by atoms with Crippen molar-refractivity contribution in [3.8, 4) is 0 Å². The van der Waals surface area contributed by atoms with E-state index in [2.05, 4.69) is 36.6 Å². The van der Waals surface area contributed by atoms with Crippen LogP contribution in [-0.2, 0) is 10.2 Å². The molecule has 0 amide bonds. The quantitative estimate of drug-likeness (QED) is 0.743. The van der Waals surface area contributed by atoms with Crippen molar-refractivity contribution < 1.29 is 8.42 Å². The monoisotopic (exact) mass is 376 g/mol. The summed E-state index contributed by atoms with van der Waals surface area (Å²) in [6.07, 6.45) is 3.04. The van der Waals surface area contributed by atoms with Crippen LogP contribution in [0.3, 0.4) is 0 Å². The molecular weight excluding hydrogens is 360 g/mol. The summed E-state index contributed by atoms with van der Waals surface area (Å²) in [6, 6.07) is 0. The van der Waals surface area contributed by atoms with E-state index in [1.807, 2.05) is 6.92 Å². The Morgan fingerprint density at radius 3 is 2.12 bits per heavy atom. The topological polar surface area (TPSA) is 49.4 Å². The van der Waals surface area contributed by atoms with Crippen molar-refractivity contribution in [2.24, 2.45) is 0 Å². The summed E-state index contributed by atoms with van der Waals surface area (Å²) in [7, 11) is -3.34. The van der Waals surface area contributed by atoms with E-state index in [9.17, 15) is 8.42 Å². The number of hydrogen-bond acceptors (Lipinski definition) is 2. The lowest BCUT2D eigenvalue weighted by molar-refractivity contribution is 0.334. The van der Waals surface area contributed by atoms with E-state index in [0.717, 1.165) is 19.3 Å². The highest BCUT2D eigenvalue weighted by Crippen LogP contribution is 2.17. The summed E-state index contributed by atoms with van der Waals surface area (Å²) in [5, 5.41) is 1.16. The van der Waals surface area contributed by atoms with E-state index < -0.39 is 15.7 Å². The molecule has 0 aromatic carbocycles. The Morgan fingerprint density at radius 1 is 1.19 bits per heavy atom. The largest absolute Gasteiger partial charge is 0.279 e. The smallest absolute Gasteiger partial charge is 0.195 e. The molecule has 0 spiro atoms. The highest BCUT2D eigenvalue weighted by molar-refractivity contribution is 9.09. The molecule has 1 saturated heterocycles. The highest BCUT2D eigenvalue weighted by Gasteiger charge is 2.32. The van der Waals surface area contributed by atoms with Gasteiger partial charge in [-0.1, -0.05) is 38.3 Å². The summed E-state index contributed by atoms with van der Waals surface area (Å²) in [5.74, 6) is 0. The minimum Gasteiger partial charge on any atom is -0.195 e. The fraction of sp³-hybridized carbons (Fsp3) is 1.00. The van der Waals surface area contributed by atoms with Crippen molar-refractivity contribution in [1.29, 1.82) is 0 Å². The van der Waals surface area contributed by atoms with E-state index in [-0.39, 0.29) is 0 Å². The molecule has 0 aromatic heterocycles. The Kier molecular flexibility index (Phi) is 5.71. The minimum atomic E-state index is -3.34. The normalized spacial score (nSPS) is 19.9. The molecule has 0 aromatic rings. The first-order chi connectivity index (χ1) is 7.43. The van der Waals surface area contributed by atoms with Crippen molar-refractivity contribution in [1.82, 2.24) is 9.03 Å². The van der Waals surface area contributed by atoms with Crippen LogP contribution in [0.2, 0.25) is 0 Å². The van der Waals surface area contributed by atoms with Gasteiger partial charge in [0.25, 0.3) is 10.2 Å². The molecular formula is C9H18Br2N2O2S. The Bertz CT molecular complexity index is 311. The van der Waals surface area contributed by atoms with E-state index >= 15 is 0 Å². The molecule has 0 radical (unpaired) electrons. The molecule has 1 aliphatic rings. The van der Waals surface area contributed by atoms with Crippen LogP contribution in [0.25, 0.3) is 0 Å². The second kappa shape index (κ2) is 6.13. The van der Waals surface area contributed by atoms with Crippen LogP contribution in [0, 0.1) is 0 Å². The van der Waals surface area contributed by atoms with Crippen molar-refractivity contribution in [3.05, 3.63) is 0 Å². The molecule has 1 fully saturated rings. The third kappa shape index (κ3) is 3.94. The van der Waals surface area contributed by atoms with Crippen LogP contribution in [0.5, 0.6) is 0 Å². The molecule has 0 atom stereocenters. The van der Waals surface area contributed by atoms with E-state index in [0.29, 0.717) is 23.7 Å². The maximum atomic E-state index is 12.1. The van der Waals surface area contributed by atoms with Gasteiger partial charge in [0.05, 0.1) is 5.54 Å². The van der Waals surface area contributed by atoms with Crippen LogP contribution >= 0.6 is 31.9 Å². The third-order valence-corrected chi connectivity index (χ3v) is 6.89. The molecule has 0 aliphatic carbocycles. The molecule has 1 rings (SSSR count). The summed E-state index contributed by atoms with van der Waals surface area (Å²) < 4.78 is 28.5. The van der Waals surface area contributed by atoms with Crippen molar-refractivity contribution in [3.63, 3.8) is 0 Å². The van der Waals surface area contributed by atoms with Gasteiger partial charge in [-0.05, 0) is 19.8 Å². The summed E-state index contributed by atoms with van der Waals surface area (Å²) in [5.41, 5.74) is -0.476. The van der Waals surface area contributed by atoms with Crippen LogP contribution in [0.4, 0.5) is 0 Å². The van der Waals surface area contributed by atoms with Crippen LogP contribution < -0.4 is 4.72 Å². The number of rotatable bonds is 5. The number of halogens is 2. The molecule has 16 heavy (non-hydrogen) atoms. The predicted octanol–water partition coefficient (Wildman–Crippen LogP) is 1.86. The lowest BCUT2D eigenvalue weighted by Crippen LogP contribution is -2.54. The fourth-order valence-electron chi connectivity index (χ4n) is 1.57. The average Bonchev–Trinajstić information content (AvgIpc) is 2.29. The molecule has 1 N–H and O–H groups in total. The van der Waals surface area contributed by atoms with E-state index in [4.69, 9.17) is 0 Å². The zero-order valence-electron chi connectivity index (χ0n) is 9.38. The highest BCUT2D eigenvalue weighted by atomic mass is 79.9. The predicted molar refractivity (Wildman–Crippen MR) is 73.5 cm³/mol. The first-order valence-electron chi connectivity index (χ1n) is 5.34. The first-order valence-corrected chi connectivity index (χ1v) is 9.03. The second-order valence-corrected chi connectivity index (χ2v) is 7.19. The first kappa shape index (κ1) is 14.9. The van der Waals surface area contributed by atoms with Gasteiger partial charge < -0.3 is 0 Å². The molecule has 96 valence electrons. The lowest BCUT2D eigenvalue weighted by atomic mass is 10.1. The minimum absolute atomic E-state index is 0.476. The van der Waals surface area contributed by atoms with E-state index in [1.54, 1.807) is 4.31 Å². The lowest BCUT2D eigenvalue weighted by Gasteiger charge is -2.32. The molecule has 1 aliphatic heterocycles. The molecule has 0 unspecified atom stereocenters. The Morgan fingerprint density at radius 2 is 1.69 bits per heavy atom. The van der Waals surface area contributed by atoms with Gasteiger partial charge in [0.15, 0.2) is 0 Å². The van der Waals surface area contributed by atoms with Crippen LogP contribution in [0.15, 0.2) is 0 Å². The SMILES string of the molecule is CC(CBr)(CBr)NS(=O)(=O)N1CCCCC1. The van der Waals surface area contributed by atoms with Crippen LogP contribution in [-0.4, -0.2) is 42.0 Å². The Balaban J connectivity index is 2.70. The fourth-order valence-corrected chi connectivity index (χ4v) is 4.79. The van der Waals surface area contributed by atoms with Gasteiger partial charge in [0.2, 0.25) is 0 Å². The van der Waals surface area contributed by atoms with Crippen molar-refractivity contribution in [2.75, 3.05) is 23.7 Å². The molecule has 7 heteroatoms. The maximum absolute atomic E-state index is 12.1. The maximum Gasteiger partial charge on any atom is 0.279 e. The number of nitrogens with zero attached hydrogens (tertiary/aromatic N) is 1. The summed E-state index contributed by atoms with van der Waals surface area (Å²) >= 11 is 6.67. The van der Waals surface area contributed by atoms with Gasteiger partial charge in [-0.25, -0.2) is 0 Å². The van der Waals surface area contributed by atoms with Gasteiger partial charge in [0, 0.05) is 23.7 Å². The standard InChI is InChI=1S/C9H18Br2N2O2S/c1-9(7-10,8-11)12-16(14,15)13-5-3-2-4-6-13/h12H,2-8H2,1H3. The summed E-state index contributed by atoms with van der Waals surface area (Å²) in [6.45, 7) is 3.14. The van der Waals surface area contributed by atoms with Gasteiger partial charge in [-0.15, -0.1) is 0 Å². The Hall–Kier alpha value is 0.830. The van der Waals surface area contributed by atoms with Gasteiger partial charge in [0.1, 0.15) is 0 Å². The number of piperidine rings is 1. The van der Waals surface area contributed by atoms with Gasteiger partial charge in [-0.2, -0.15) is 17.4 Å². The zero-order valence-corrected chi connectivity index (χ0v) is 13.4. The van der Waals surface area contributed by atoms with Gasteiger partial charge >= 0.3 is 0 Å². The second-order valence-electron chi connectivity index (χ2n) is 4.39. The third-order valence-electron chi connectivity index (χ3n) is 2.62. The average molecular weight is 378 g/mol. The van der Waals surface area contributed by atoms with Crippen LogP contribution in [0.1, 0.15) is 26.2 Å². The van der Waals surface area contributed by atoms with Crippen molar-refractivity contribution >= 4 is 42.1 Å². The number of nitrogens with one attached hydrogen (secondary N) is 1. The van der Waals surface area contributed by atoms with E-state index in [1.165, 1.54) is 0 Å². The zero-order chi connectivity index (χ0) is 12.2.